The Bertz CT molecular complexity index is 351. The Balaban J connectivity index is 1.31. The molecule has 3 nitrogen and oxygen atoms in total. The van der Waals surface area contributed by atoms with Crippen LogP contribution in [0.4, 0.5) is 0 Å². The van der Waals surface area contributed by atoms with E-state index in [1.807, 2.05) is 0 Å². The quantitative estimate of drug-likeness (QED) is 0.828. The fourth-order valence-electron chi connectivity index (χ4n) is 5.94. The second kappa shape index (κ2) is 5.01. The van der Waals surface area contributed by atoms with Gasteiger partial charge in [0.05, 0.1) is 6.54 Å². The third kappa shape index (κ3) is 2.49. The van der Waals surface area contributed by atoms with Crippen LogP contribution in [-0.2, 0) is 4.79 Å². The average Bonchev–Trinajstić information content (AvgIpc) is 2.88. The molecule has 5 saturated carbocycles. The zero-order valence-electron chi connectivity index (χ0n) is 12.5. The van der Waals surface area contributed by atoms with E-state index in [0.717, 1.165) is 17.8 Å². The van der Waals surface area contributed by atoms with E-state index < -0.39 is 0 Å². The highest BCUT2D eigenvalue weighted by molar-refractivity contribution is 5.78. The molecule has 3 heteroatoms. The van der Waals surface area contributed by atoms with E-state index in [9.17, 15) is 4.79 Å². The average molecular weight is 276 g/mol. The molecule has 5 fully saturated rings. The Labute approximate surface area is 122 Å². The Hall–Kier alpha value is -0.570. The van der Waals surface area contributed by atoms with E-state index in [4.69, 9.17) is 0 Å². The van der Waals surface area contributed by atoms with E-state index >= 15 is 0 Å². The van der Waals surface area contributed by atoms with Gasteiger partial charge in [-0.15, -0.1) is 0 Å². The molecule has 0 aromatic carbocycles. The normalized spacial score (nSPS) is 43.1. The summed E-state index contributed by atoms with van der Waals surface area (Å²) in [5.74, 6) is 3.08. The van der Waals surface area contributed by atoms with Crippen molar-refractivity contribution in [3.63, 3.8) is 0 Å². The van der Waals surface area contributed by atoms with Gasteiger partial charge in [0.1, 0.15) is 0 Å². The molecule has 1 amide bonds. The number of rotatable bonds is 4. The van der Waals surface area contributed by atoms with Crippen LogP contribution in [0, 0.1) is 17.8 Å². The standard InChI is InChI=1S/C17H28N2O/c20-16(19-15-3-1-2-4-15)11-18-17-8-12-5-13(9-17)7-14(6-12)10-17/h12-15,18H,1-11H2,(H,19,20). The van der Waals surface area contributed by atoms with Crippen LogP contribution in [0.5, 0.6) is 0 Å². The molecule has 0 aromatic rings. The van der Waals surface area contributed by atoms with Gasteiger partial charge in [0.2, 0.25) is 5.91 Å². The minimum Gasteiger partial charge on any atom is -0.352 e. The summed E-state index contributed by atoms with van der Waals surface area (Å²) in [7, 11) is 0. The monoisotopic (exact) mass is 276 g/mol. The predicted octanol–water partition coefficient (Wildman–Crippen LogP) is 2.60. The van der Waals surface area contributed by atoms with Gasteiger partial charge in [-0.25, -0.2) is 0 Å². The number of amides is 1. The second-order valence-electron chi connectivity index (χ2n) is 8.10. The number of hydrogen-bond acceptors (Lipinski definition) is 2. The van der Waals surface area contributed by atoms with Crippen molar-refractivity contribution in [3.05, 3.63) is 0 Å². The topological polar surface area (TPSA) is 41.1 Å². The molecule has 0 aliphatic heterocycles. The Morgan fingerprint density at radius 1 is 0.950 bits per heavy atom. The SMILES string of the molecule is O=C(CNC12CC3CC(CC(C3)C1)C2)NC1CCCC1. The van der Waals surface area contributed by atoms with E-state index in [1.165, 1.54) is 64.2 Å². The highest BCUT2D eigenvalue weighted by atomic mass is 16.2. The molecular weight excluding hydrogens is 248 g/mol. The molecular formula is C17H28N2O. The smallest absolute Gasteiger partial charge is 0.234 e. The van der Waals surface area contributed by atoms with Gasteiger partial charge in [-0.1, -0.05) is 12.8 Å². The Morgan fingerprint density at radius 2 is 1.50 bits per heavy atom. The number of carbonyl (C=O) groups is 1. The van der Waals surface area contributed by atoms with Crippen molar-refractivity contribution >= 4 is 5.91 Å². The van der Waals surface area contributed by atoms with Gasteiger partial charge in [-0.05, 0) is 69.1 Å². The molecule has 0 saturated heterocycles. The zero-order valence-corrected chi connectivity index (χ0v) is 12.5. The third-order valence-corrected chi connectivity index (χ3v) is 6.38. The summed E-state index contributed by atoms with van der Waals surface area (Å²) in [5, 5.41) is 6.90. The molecule has 5 rings (SSSR count). The summed E-state index contributed by atoms with van der Waals surface area (Å²) in [6.45, 7) is 0.544. The first kappa shape index (κ1) is 13.1. The van der Waals surface area contributed by atoms with Crippen molar-refractivity contribution in [1.82, 2.24) is 10.6 Å². The fraction of sp³-hybridized carbons (Fsp3) is 0.941. The first-order valence-corrected chi connectivity index (χ1v) is 8.75. The van der Waals surface area contributed by atoms with Crippen LogP contribution in [0.1, 0.15) is 64.2 Å². The van der Waals surface area contributed by atoms with Crippen molar-refractivity contribution in [1.29, 1.82) is 0 Å². The van der Waals surface area contributed by atoms with Crippen LogP contribution < -0.4 is 10.6 Å². The molecule has 0 spiro atoms. The summed E-state index contributed by atoms with van der Waals surface area (Å²) in [6, 6.07) is 0.459. The summed E-state index contributed by atoms with van der Waals surface area (Å²) in [4.78, 5) is 12.1. The van der Waals surface area contributed by atoms with E-state index in [1.54, 1.807) is 0 Å². The minimum absolute atomic E-state index is 0.229. The molecule has 5 aliphatic rings. The lowest BCUT2D eigenvalue weighted by molar-refractivity contribution is -0.122. The first-order chi connectivity index (χ1) is 9.71. The van der Waals surface area contributed by atoms with Gasteiger partial charge < -0.3 is 10.6 Å². The molecule has 0 heterocycles. The van der Waals surface area contributed by atoms with Crippen LogP contribution in [0.2, 0.25) is 0 Å². The van der Waals surface area contributed by atoms with Gasteiger partial charge in [0.25, 0.3) is 0 Å². The molecule has 0 radical (unpaired) electrons. The number of nitrogens with one attached hydrogen (secondary N) is 2. The predicted molar refractivity (Wildman–Crippen MR) is 79.3 cm³/mol. The van der Waals surface area contributed by atoms with Gasteiger partial charge in [0.15, 0.2) is 0 Å². The third-order valence-electron chi connectivity index (χ3n) is 6.38. The van der Waals surface area contributed by atoms with Crippen molar-refractivity contribution in [2.75, 3.05) is 6.54 Å². The van der Waals surface area contributed by atoms with E-state index in [0.29, 0.717) is 18.1 Å². The maximum atomic E-state index is 12.1. The Kier molecular flexibility index (Phi) is 3.29. The van der Waals surface area contributed by atoms with Crippen LogP contribution in [0.15, 0.2) is 0 Å². The van der Waals surface area contributed by atoms with Crippen LogP contribution in [-0.4, -0.2) is 24.0 Å². The first-order valence-electron chi connectivity index (χ1n) is 8.75. The lowest BCUT2D eigenvalue weighted by atomic mass is 9.53. The van der Waals surface area contributed by atoms with Crippen LogP contribution in [0.25, 0.3) is 0 Å². The lowest BCUT2D eigenvalue weighted by Crippen LogP contribution is -2.60. The highest BCUT2D eigenvalue weighted by Gasteiger charge is 2.50. The zero-order chi connectivity index (χ0) is 13.6. The largest absolute Gasteiger partial charge is 0.352 e. The number of carbonyl (C=O) groups excluding carboxylic acids is 1. The molecule has 112 valence electrons. The maximum absolute atomic E-state index is 12.1. The van der Waals surface area contributed by atoms with Gasteiger partial charge in [-0.3, -0.25) is 4.79 Å². The van der Waals surface area contributed by atoms with Gasteiger partial charge in [0, 0.05) is 11.6 Å². The minimum atomic E-state index is 0.229. The molecule has 0 atom stereocenters. The fourth-order valence-corrected chi connectivity index (χ4v) is 5.94. The van der Waals surface area contributed by atoms with Crippen molar-refractivity contribution in [2.45, 2.75) is 75.8 Å². The molecule has 2 N–H and O–H groups in total. The maximum Gasteiger partial charge on any atom is 0.234 e. The molecule has 20 heavy (non-hydrogen) atoms. The summed E-state index contributed by atoms with van der Waals surface area (Å²) < 4.78 is 0. The van der Waals surface area contributed by atoms with E-state index in [-0.39, 0.29) is 5.91 Å². The van der Waals surface area contributed by atoms with Crippen LogP contribution in [0.3, 0.4) is 0 Å². The Morgan fingerprint density at radius 3 is 2.05 bits per heavy atom. The summed E-state index contributed by atoms with van der Waals surface area (Å²) >= 11 is 0. The molecule has 5 aliphatic carbocycles. The number of hydrogen-bond donors (Lipinski definition) is 2. The highest BCUT2D eigenvalue weighted by Crippen LogP contribution is 2.55. The molecule has 0 aromatic heterocycles. The van der Waals surface area contributed by atoms with Crippen molar-refractivity contribution < 1.29 is 4.79 Å². The molecule has 0 unspecified atom stereocenters. The van der Waals surface area contributed by atoms with E-state index in [2.05, 4.69) is 10.6 Å². The summed E-state index contributed by atoms with van der Waals surface area (Å²) in [5.41, 5.74) is 0.321. The van der Waals surface area contributed by atoms with Crippen LogP contribution >= 0.6 is 0 Å². The second-order valence-corrected chi connectivity index (χ2v) is 8.10. The molecule has 4 bridgehead atoms. The van der Waals surface area contributed by atoms with Gasteiger partial charge >= 0.3 is 0 Å². The summed E-state index contributed by atoms with van der Waals surface area (Å²) in [6.07, 6.45) is 13.3. The van der Waals surface area contributed by atoms with Crippen molar-refractivity contribution in [3.8, 4) is 0 Å². The van der Waals surface area contributed by atoms with Gasteiger partial charge in [-0.2, -0.15) is 0 Å². The van der Waals surface area contributed by atoms with Crippen molar-refractivity contribution in [2.24, 2.45) is 17.8 Å². The lowest BCUT2D eigenvalue weighted by Gasteiger charge is -2.57.